The quantitative estimate of drug-likeness (QED) is 0.868. The summed E-state index contributed by atoms with van der Waals surface area (Å²) in [4.78, 5) is 32.4. The summed E-state index contributed by atoms with van der Waals surface area (Å²) < 4.78 is 5.41. The molecule has 0 unspecified atom stereocenters. The summed E-state index contributed by atoms with van der Waals surface area (Å²) >= 11 is 0. The molecule has 0 bridgehead atoms. The topological polar surface area (TPSA) is 87.3 Å². The predicted molar refractivity (Wildman–Crippen MR) is 83.7 cm³/mol. The van der Waals surface area contributed by atoms with Crippen LogP contribution in [0.3, 0.4) is 0 Å². The van der Waals surface area contributed by atoms with E-state index in [2.05, 4.69) is 15.3 Å². The van der Waals surface area contributed by atoms with Gasteiger partial charge in [0.1, 0.15) is 12.4 Å². The summed E-state index contributed by atoms with van der Waals surface area (Å²) in [6, 6.07) is 7.24. The number of nitrogens with zero attached hydrogens (tertiary/aromatic N) is 2. The lowest BCUT2D eigenvalue weighted by Gasteiger charge is -2.29. The number of morpholine rings is 1. The van der Waals surface area contributed by atoms with Crippen LogP contribution in [0.4, 0.5) is 0 Å². The highest BCUT2D eigenvalue weighted by atomic mass is 16.5. The van der Waals surface area contributed by atoms with Gasteiger partial charge < -0.3 is 19.9 Å². The Hall–Kier alpha value is -2.67. The van der Waals surface area contributed by atoms with Crippen LogP contribution < -0.4 is 5.32 Å². The van der Waals surface area contributed by atoms with Gasteiger partial charge in [0.25, 0.3) is 5.91 Å². The van der Waals surface area contributed by atoms with Crippen molar-refractivity contribution in [3.05, 3.63) is 42.2 Å². The second kappa shape index (κ2) is 6.62. The third kappa shape index (κ3) is 3.57. The summed E-state index contributed by atoms with van der Waals surface area (Å²) in [5.41, 5.74) is 1.40. The minimum absolute atomic E-state index is 0.0428. The van der Waals surface area contributed by atoms with Gasteiger partial charge in [-0.15, -0.1) is 0 Å². The third-order valence-corrected chi connectivity index (χ3v) is 3.73. The molecule has 1 aliphatic heterocycles. The molecule has 1 aliphatic rings. The van der Waals surface area contributed by atoms with E-state index in [4.69, 9.17) is 4.74 Å². The number of rotatable bonds is 4. The molecule has 2 amide bonds. The molecule has 2 heterocycles. The van der Waals surface area contributed by atoms with Crippen molar-refractivity contribution >= 4 is 11.8 Å². The number of aromatic amines is 1. The zero-order valence-corrected chi connectivity index (χ0v) is 12.8. The number of amides is 2. The van der Waals surface area contributed by atoms with Crippen LogP contribution in [0.5, 0.6) is 0 Å². The first-order valence-corrected chi connectivity index (χ1v) is 7.37. The summed E-state index contributed by atoms with van der Waals surface area (Å²) in [5, 5.41) is 2.84. The van der Waals surface area contributed by atoms with Crippen LogP contribution in [0.2, 0.25) is 0 Å². The first-order valence-electron chi connectivity index (χ1n) is 7.37. The van der Waals surface area contributed by atoms with E-state index in [1.165, 1.54) is 0 Å². The largest absolute Gasteiger partial charge is 0.365 e. The molecular weight excluding hydrogens is 296 g/mol. The van der Waals surface area contributed by atoms with E-state index in [-0.39, 0.29) is 24.5 Å². The maximum Gasteiger partial charge on any atom is 0.251 e. The van der Waals surface area contributed by atoms with Crippen LogP contribution in [0, 0.1) is 0 Å². The van der Waals surface area contributed by atoms with E-state index in [0.717, 1.165) is 11.4 Å². The number of hydrogen-bond acceptors (Lipinski definition) is 4. The van der Waals surface area contributed by atoms with Gasteiger partial charge in [-0.2, -0.15) is 0 Å². The maximum absolute atomic E-state index is 12.3. The van der Waals surface area contributed by atoms with Gasteiger partial charge in [0.2, 0.25) is 5.91 Å². The average molecular weight is 314 g/mol. The molecule has 0 spiro atoms. The lowest BCUT2D eigenvalue weighted by atomic mass is 10.1. The van der Waals surface area contributed by atoms with E-state index in [1.807, 2.05) is 12.1 Å². The van der Waals surface area contributed by atoms with Crippen molar-refractivity contribution in [1.82, 2.24) is 20.2 Å². The monoisotopic (exact) mass is 314 g/mol. The summed E-state index contributed by atoms with van der Waals surface area (Å²) in [6.45, 7) is 0.901. The second-order valence-corrected chi connectivity index (χ2v) is 5.44. The Morgan fingerprint density at radius 1 is 1.52 bits per heavy atom. The molecule has 120 valence electrons. The highest BCUT2D eigenvalue weighted by Crippen LogP contribution is 2.16. The first-order chi connectivity index (χ1) is 11.1. The van der Waals surface area contributed by atoms with Gasteiger partial charge >= 0.3 is 0 Å². The second-order valence-electron chi connectivity index (χ2n) is 5.44. The van der Waals surface area contributed by atoms with Crippen molar-refractivity contribution in [2.45, 2.75) is 6.10 Å². The number of imidazole rings is 1. The van der Waals surface area contributed by atoms with Crippen molar-refractivity contribution in [2.75, 3.05) is 26.7 Å². The molecule has 0 aliphatic carbocycles. The van der Waals surface area contributed by atoms with Crippen LogP contribution in [0.15, 0.2) is 36.7 Å². The standard InChI is InChI=1S/C16H18N4O3/c1-20-9-13(23-10-14(20)21)8-19-16(22)12-4-2-3-11(7-12)15-17-5-6-18-15/h2-7,13H,8-10H2,1H3,(H,17,18)(H,19,22)/t13-/m0/s1. The Labute approximate surface area is 133 Å². The van der Waals surface area contributed by atoms with E-state index < -0.39 is 0 Å². The third-order valence-electron chi connectivity index (χ3n) is 3.73. The fraction of sp³-hybridized carbons (Fsp3) is 0.312. The molecule has 1 atom stereocenters. The Kier molecular flexibility index (Phi) is 4.38. The van der Waals surface area contributed by atoms with Crippen molar-refractivity contribution in [1.29, 1.82) is 0 Å². The number of carbonyl (C=O) groups is 2. The van der Waals surface area contributed by atoms with Crippen LogP contribution in [0.1, 0.15) is 10.4 Å². The molecule has 1 saturated heterocycles. The van der Waals surface area contributed by atoms with E-state index in [0.29, 0.717) is 18.7 Å². The number of carbonyl (C=O) groups excluding carboxylic acids is 2. The molecule has 7 heteroatoms. The van der Waals surface area contributed by atoms with Gasteiger partial charge in [0.05, 0.1) is 6.10 Å². The highest BCUT2D eigenvalue weighted by molar-refractivity contribution is 5.95. The number of aromatic nitrogens is 2. The summed E-state index contributed by atoms with van der Waals surface area (Å²) in [7, 11) is 1.73. The molecule has 2 aromatic rings. The van der Waals surface area contributed by atoms with Crippen LogP contribution in [-0.2, 0) is 9.53 Å². The molecule has 0 radical (unpaired) electrons. The van der Waals surface area contributed by atoms with Gasteiger partial charge in [0, 0.05) is 43.7 Å². The van der Waals surface area contributed by atoms with Crippen molar-refractivity contribution in [3.63, 3.8) is 0 Å². The molecule has 1 aromatic heterocycles. The molecule has 7 nitrogen and oxygen atoms in total. The van der Waals surface area contributed by atoms with Gasteiger partial charge in [-0.25, -0.2) is 4.98 Å². The number of H-pyrrole nitrogens is 1. The molecule has 2 N–H and O–H groups in total. The maximum atomic E-state index is 12.3. The van der Waals surface area contributed by atoms with E-state index >= 15 is 0 Å². The molecule has 1 fully saturated rings. The predicted octanol–water partition coefficient (Wildman–Crippen LogP) is 0.664. The van der Waals surface area contributed by atoms with Gasteiger partial charge in [-0.1, -0.05) is 12.1 Å². The van der Waals surface area contributed by atoms with Gasteiger partial charge in [0.15, 0.2) is 0 Å². The Morgan fingerprint density at radius 3 is 3.13 bits per heavy atom. The molecule has 0 saturated carbocycles. The van der Waals surface area contributed by atoms with Gasteiger partial charge in [-0.3, -0.25) is 9.59 Å². The minimum atomic E-state index is -0.185. The zero-order valence-electron chi connectivity index (χ0n) is 12.8. The van der Waals surface area contributed by atoms with Crippen molar-refractivity contribution < 1.29 is 14.3 Å². The van der Waals surface area contributed by atoms with E-state index in [9.17, 15) is 9.59 Å². The number of hydrogen-bond donors (Lipinski definition) is 2. The molecule has 3 rings (SSSR count). The summed E-state index contributed by atoms with van der Waals surface area (Å²) in [6.07, 6.45) is 3.22. The molecule has 1 aromatic carbocycles. The SMILES string of the molecule is CN1C[C@H](CNC(=O)c2cccc(-c3ncc[nH]3)c2)OCC1=O. The number of likely N-dealkylation sites (N-methyl/N-ethyl adjacent to an activating group) is 1. The van der Waals surface area contributed by atoms with Gasteiger partial charge in [-0.05, 0) is 12.1 Å². The van der Waals surface area contributed by atoms with E-state index in [1.54, 1.807) is 36.5 Å². The van der Waals surface area contributed by atoms with Crippen LogP contribution >= 0.6 is 0 Å². The first kappa shape index (κ1) is 15.2. The molecule has 23 heavy (non-hydrogen) atoms. The lowest BCUT2D eigenvalue weighted by Crippen LogP contribution is -2.48. The highest BCUT2D eigenvalue weighted by Gasteiger charge is 2.23. The lowest BCUT2D eigenvalue weighted by molar-refractivity contribution is -0.146. The summed E-state index contributed by atoms with van der Waals surface area (Å²) in [5.74, 6) is 0.496. The van der Waals surface area contributed by atoms with Crippen molar-refractivity contribution in [3.8, 4) is 11.4 Å². The normalized spacial score (nSPS) is 18.0. The number of ether oxygens (including phenoxy) is 1. The van der Waals surface area contributed by atoms with Crippen molar-refractivity contribution in [2.24, 2.45) is 0 Å². The Balaban J connectivity index is 1.60. The molecular formula is C16H18N4O3. The Bertz CT molecular complexity index is 699. The smallest absolute Gasteiger partial charge is 0.251 e. The van der Waals surface area contributed by atoms with Crippen LogP contribution in [0.25, 0.3) is 11.4 Å². The minimum Gasteiger partial charge on any atom is -0.365 e. The van der Waals surface area contributed by atoms with Crippen LogP contribution in [-0.4, -0.2) is 59.5 Å². The fourth-order valence-corrected chi connectivity index (χ4v) is 2.42. The number of benzene rings is 1. The zero-order chi connectivity index (χ0) is 16.2. The Morgan fingerprint density at radius 2 is 2.39 bits per heavy atom. The number of nitrogens with one attached hydrogen (secondary N) is 2. The fourth-order valence-electron chi connectivity index (χ4n) is 2.42. The average Bonchev–Trinajstić information content (AvgIpc) is 3.10.